The molecule has 0 bridgehead atoms. The number of amides is 1. The van der Waals surface area contributed by atoms with Crippen molar-refractivity contribution in [2.45, 2.75) is 6.42 Å². The van der Waals surface area contributed by atoms with E-state index >= 15 is 0 Å². The number of likely N-dealkylation sites (N-methyl/N-ethyl adjacent to an activating group) is 1. The molecule has 1 aromatic rings. The van der Waals surface area contributed by atoms with Crippen molar-refractivity contribution in [3.8, 4) is 0 Å². The highest BCUT2D eigenvalue weighted by atomic mass is 35.5. The number of ether oxygens (including phenoxy) is 1. The first kappa shape index (κ1) is 22.6. The molecule has 0 N–H and O–H groups in total. The zero-order valence-electron chi connectivity index (χ0n) is 14.4. The minimum Gasteiger partial charge on any atom is -0.464 e. The average molecular weight is 419 g/mol. The molecule has 0 radical (unpaired) electrons. The quantitative estimate of drug-likeness (QED) is 0.385. The van der Waals surface area contributed by atoms with Gasteiger partial charge in [-0.25, -0.2) is 4.39 Å². The molecule has 1 aliphatic rings. The third kappa shape index (κ3) is 6.68. The first-order chi connectivity index (χ1) is 11.9. The molecule has 9 heteroatoms. The summed E-state index contributed by atoms with van der Waals surface area (Å²) in [5.41, 5.74) is 0.713. The lowest BCUT2D eigenvalue weighted by atomic mass is 10.2. The average Bonchev–Trinajstić information content (AvgIpc) is 2.81. The third-order valence-electron chi connectivity index (χ3n) is 3.38. The van der Waals surface area contributed by atoms with Gasteiger partial charge in [-0.05, 0) is 37.9 Å². The van der Waals surface area contributed by atoms with E-state index in [1.165, 1.54) is 28.8 Å². The Hall–Kier alpha value is -1.48. The number of thiocarbonyl (C=S) groups is 1. The minimum absolute atomic E-state index is 0. The van der Waals surface area contributed by atoms with E-state index < -0.39 is 0 Å². The number of carbonyl (C=O) groups is 2. The lowest BCUT2D eigenvalue weighted by Crippen LogP contribution is -2.31. The Morgan fingerprint density at radius 1 is 1.35 bits per heavy atom. The van der Waals surface area contributed by atoms with Gasteiger partial charge in [-0.2, -0.15) is 0 Å². The minimum atomic E-state index is -0.363. The van der Waals surface area contributed by atoms with Crippen LogP contribution in [0.2, 0.25) is 0 Å². The highest BCUT2D eigenvalue weighted by Crippen LogP contribution is 2.32. The highest BCUT2D eigenvalue weighted by Gasteiger charge is 2.32. The van der Waals surface area contributed by atoms with Crippen molar-refractivity contribution in [3.63, 3.8) is 0 Å². The number of nitrogens with zero attached hydrogens (tertiary/aromatic N) is 2. The predicted molar refractivity (Wildman–Crippen MR) is 108 cm³/mol. The maximum atomic E-state index is 12.9. The number of esters is 1. The van der Waals surface area contributed by atoms with Crippen molar-refractivity contribution in [1.82, 2.24) is 9.80 Å². The molecular weight excluding hydrogens is 399 g/mol. The Bertz CT molecular complexity index is 696. The zero-order valence-corrected chi connectivity index (χ0v) is 16.9. The van der Waals surface area contributed by atoms with Gasteiger partial charge in [0.1, 0.15) is 16.7 Å². The Kier molecular flexibility index (Phi) is 9.21. The van der Waals surface area contributed by atoms with Crippen LogP contribution in [-0.4, -0.2) is 59.8 Å². The summed E-state index contributed by atoms with van der Waals surface area (Å²) in [6, 6.07) is 5.83. The molecule has 0 aromatic heterocycles. The summed E-state index contributed by atoms with van der Waals surface area (Å²) >= 11 is 6.38. The monoisotopic (exact) mass is 418 g/mol. The molecular formula is C17H20ClFN2O3S2. The van der Waals surface area contributed by atoms with E-state index in [-0.39, 0.29) is 43.1 Å². The van der Waals surface area contributed by atoms with Crippen LogP contribution in [0.15, 0.2) is 29.2 Å². The van der Waals surface area contributed by atoms with Gasteiger partial charge in [0.05, 0.1) is 11.3 Å². The van der Waals surface area contributed by atoms with E-state index in [0.717, 1.165) is 0 Å². The summed E-state index contributed by atoms with van der Waals surface area (Å²) in [6.07, 6.45) is 1.75. The molecule has 0 aliphatic carbocycles. The number of rotatable bonds is 7. The van der Waals surface area contributed by atoms with E-state index in [0.29, 0.717) is 27.9 Å². The largest absolute Gasteiger partial charge is 0.464 e. The maximum Gasteiger partial charge on any atom is 0.307 e. The molecule has 1 fully saturated rings. The van der Waals surface area contributed by atoms with E-state index in [9.17, 15) is 14.0 Å². The van der Waals surface area contributed by atoms with Crippen LogP contribution in [0, 0.1) is 5.82 Å². The number of benzene rings is 1. The van der Waals surface area contributed by atoms with Crippen molar-refractivity contribution in [3.05, 3.63) is 40.6 Å². The molecule has 1 aliphatic heterocycles. The normalized spacial score (nSPS) is 15.5. The molecule has 1 aromatic carbocycles. The molecule has 1 saturated heterocycles. The Labute approximate surface area is 168 Å². The van der Waals surface area contributed by atoms with E-state index in [1.807, 2.05) is 19.0 Å². The first-order valence-electron chi connectivity index (χ1n) is 7.68. The zero-order chi connectivity index (χ0) is 18.4. The lowest BCUT2D eigenvalue weighted by molar-refractivity contribution is -0.144. The second-order valence-electron chi connectivity index (χ2n) is 5.66. The smallest absolute Gasteiger partial charge is 0.307 e. The van der Waals surface area contributed by atoms with Crippen LogP contribution >= 0.6 is 36.4 Å². The molecule has 26 heavy (non-hydrogen) atoms. The van der Waals surface area contributed by atoms with Crippen molar-refractivity contribution in [1.29, 1.82) is 0 Å². The molecule has 0 unspecified atom stereocenters. The standard InChI is InChI=1S/C17H19FN2O3S2.ClH/c1-19(2)9-10-23-15(21)7-8-20-16(22)14(25-17(20)24)11-12-3-5-13(18)6-4-12;/h3-6,11H,7-10H2,1-2H3;1H/b14-11+;. The summed E-state index contributed by atoms with van der Waals surface area (Å²) in [5, 5.41) is 0. The second kappa shape index (κ2) is 10.6. The SMILES string of the molecule is CN(C)CCOC(=O)CCN1C(=O)/C(=C\c2ccc(F)cc2)SC1=S.Cl. The topological polar surface area (TPSA) is 49.9 Å². The summed E-state index contributed by atoms with van der Waals surface area (Å²) in [7, 11) is 3.78. The molecule has 5 nitrogen and oxygen atoms in total. The van der Waals surface area contributed by atoms with E-state index in [1.54, 1.807) is 18.2 Å². The molecule has 0 saturated carbocycles. The van der Waals surface area contributed by atoms with Crippen LogP contribution in [0.25, 0.3) is 6.08 Å². The van der Waals surface area contributed by atoms with Crippen LogP contribution in [0.1, 0.15) is 12.0 Å². The van der Waals surface area contributed by atoms with Crippen molar-refractivity contribution < 1.29 is 18.7 Å². The van der Waals surface area contributed by atoms with E-state index in [2.05, 4.69) is 0 Å². The third-order valence-corrected chi connectivity index (χ3v) is 4.76. The molecule has 2 rings (SSSR count). The number of hydrogen-bond donors (Lipinski definition) is 0. The summed E-state index contributed by atoms with van der Waals surface area (Å²) in [6.45, 7) is 1.15. The van der Waals surface area contributed by atoms with Gasteiger partial charge < -0.3 is 9.64 Å². The second-order valence-corrected chi connectivity index (χ2v) is 7.33. The Balaban J connectivity index is 0.00000338. The maximum absolute atomic E-state index is 12.9. The summed E-state index contributed by atoms with van der Waals surface area (Å²) in [4.78, 5) is 27.9. The van der Waals surface area contributed by atoms with Gasteiger partial charge in [-0.15, -0.1) is 12.4 Å². The molecule has 0 spiro atoms. The fraction of sp³-hybridized carbons (Fsp3) is 0.353. The van der Waals surface area contributed by atoms with Gasteiger partial charge in [-0.1, -0.05) is 36.1 Å². The summed E-state index contributed by atoms with van der Waals surface area (Å²) < 4.78 is 18.4. The number of carbonyl (C=O) groups excluding carboxylic acids is 2. The fourth-order valence-electron chi connectivity index (χ4n) is 2.02. The molecule has 142 valence electrons. The number of thioether (sulfide) groups is 1. The Morgan fingerprint density at radius 2 is 2.00 bits per heavy atom. The lowest BCUT2D eigenvalue weighted by Gasteiger charge is -2.14. The van der Waals surface area contributed by atoms with Crippen LogP contribution in [0.3, 0.4) is 0 Å². The van der Waals surface area contributed by atoms with Crippen LogP contribution in [-0.2, 0) is 14.3 Å². The van der Waals surface area contributed by atoms with Gasteiger partial charge in [0.25, 0.3) is 5.91 Å². The van der Waals surface area contributed by atoms with E-state index in [4.69, 9.17) is 17.0 Å². The molecule has 1 amide bonds. The van der Waals surface area contributed by atoms with Crippen molar-refractivity contribution in [2.75, 3.05) is 33.8 Å². The van der Waals surface area contributed by atoms with Crippen molar-refractivity contribution >= 4 is 58.7 Å². The molecule has 0 atom stereocenters. The fourth-order valence-corrected chi connectivity index (χ4v) is 3.33. The van der Waals surface area contributed by atoms with Crippen LogP contribution < -0.4 is 0 Å². The van der Waals surface area contributed by atoms with Crippen LogP contribution in [0.4, 0.5) is 4.39 Å². The van der Waals surface area contributed by atoms with Gasteiger partial charge in [0.2, 0.25) is 0 Å². The van der Waals surface area contributed by atoms with Gasteiger partial charge >= 0.3 is 5.97 Å². The van der Waals surface area contributed by atoms with Gasteiger partial charge in [0.15, 0.2) is 0 Å². The van der Waals surface area contributed by atoms with Crippen molar-refractivity contribution in [2.24, 2.45) is 0 Å². The summed E-state index contributed by atoms with van der Waals surface area (Å²) in [5.74, 6) is -0.948. The Morgan fingerprint density at radius 3 is 2.62 bits per heavy atom. The van der Waals surface area contributed by atoms with Gasteiger partial charge in [-0.3, -0.25) is 14.5 Å². The van der Waals surface area contributed by atoms with Gasteiger partial charge in [0, 0.05) is 13.1 Å². The number of halogens is 2. The number of hydrogen-bond acceptors (Lipinski definition) is 6. The highest BCUT2D eigenvalue weighted by molar-refractivity contribution is 8.26. The van der Waals surface area contributed by atoms with Crippen LogP contribution in [0.5, 0.6) is 0 Å². The first-order valence-corrected chi connectivity index (χ1v) is 8.90. The predicted octanol–water partition coefficient (Wildman–Crippen LogP) is 2.94. The molecule has 1 heterocycles.